The molecule has 6 heteroatoms. The van der Waals surface area contributed by atoms with E-state index in [-0.39, 0.29) is 17.2 Å². The van der Waals surface area contributed by atoms with Crippen molar-refractivity contribution in [3.05, 3.63) is 23.8 Å². The summed E-state index contributed by atoms with van der Waals surface area (Å²) < 4.78 is 10.6. The molecule has 0 spiro atoms. The van der Waals surface area contributed by atoms with Crippen molar-refractivity contribution in [3.8, 4) is 11.5 Å². The Morgan fingerprint density at radius 1 is 1.00 bits per heavy atom. The highest BCUT2D eigenvalue weighted by molar-refractivity contribution is 5.98. The molecule has 0 unspecified atom stereocenters. The van der Waals surface area contributed by atoms with Crippen molar-refractivity contribution in [1.29, 1.82) is 0 Å². The Labute approximate surface area is 149 Å². The van der Waals surface area contributed by atoms with Crippen molar-refractivity contribution in [2.24, 2.45) is 5.41 Å². The van der Waals surface area contributed by atoms with Gasteiger partial charge in [-0.3, -0.25) is 9.59 Å². The highest BCUT2D eigenvalue weighted by Crippen LogP contribution is 2.31. The van der Waals surface area contributed by atoms with Crippen LogP contribution in [-0.4, -0.2) is 62.0 Å². The molecule has 0 bridgehead atoms. The maximum absolute atomic E-state index is 12.8. The Morgan fingerprint density at radius 3 is 2.12 bits per heavy atom. The summed E-state index contributed by atoms with van der Waals surface area (Å²) >= 11 is 0. The van der Waals surface area contributed by atoms with Gasteiger partial charge in [0, 0.05) is 32.6 Å². The van der Waals surface area contributed by atoms with Gasteiger partial charge in [0.15, 0.2) is 11.5 Å². The van der Waals surface area contributed by atoms with Crippen LogP contribution in [0.5, 0.6) is 11.5 Å². The summed E-state index contributed by atoms with van der Waals surface area (Å²) in [5, 5.41) is 0. The molecule has 1 heterocycles. The first-order chi connectivity index (χ1) is 11.8. The Balaban J connectivity index is 2.04. The maximum Gasteiger partial charge on any atom is 0.257 e. The number of hydrogen-bond donors (Lipinski definition) is 0. The molecular weight excluding hydrogens is 320 g/mol. The summed E-state index contributed by atoms with van der Waals surface area (Å²) in [6.07, 6.45) is 0.519. The molecule has 2 rings (SSSR count). The van der Waals surface area contributed by atoms with Gasteiger partial charge in [0.05, 0.1) is 19.8 Å². The summed E-state index contributed by atoms with van der Waals surface area (Å²) in [5.41, 5.74) is 0.453. The van der Waals surface area contributed by atoms with Crippen molar-refractivity contribution >= 4 is 11.8 Å². The average Bonchev–Trinajstić information content (AvgIpc) is 2.58. The Kier molecular flexibility index (Phi) is 5.93. The minimum atomic E-state index is -0.0985. The summed E-state index contributed by atoms with van der Waals surface area (Å²) in [6, 6.07) is 5.28. The van der Waals surface area contributed by atoms with E-state index in [1.807, 2.05) is 4.90 Å². The van der Waals surface area contributed by atoms with Gasteiger partial charge in [0.2, 0.25) is 5.91 Å². The van der Waals surface area contributed by atoms with Crippen LogP contribution < -0.4 is 9.47 Å². The van der Waals surface area contributed by atoms with Crippen LogP contribution in [0.1, 0.15) is 37.6 Å². The van der Waals surface area contributed by atoms with Crippen LogP contribution >= 0.6 is 0 Å². The first-order valence-electron chi connectivity index (χ1n) is 8.55. The molecule has 6 nitrogen and oxygen atoms in total. The third-order valence-electron chi connectivity index (χ3n) is 4.23. The van der Waals surface area contributed by atoms with Crippen molar-refractivity contribution < 1.29 is 19.1 Å². The summed E-state index contributed by atoms with van der Waals surface area (Å²) in [4.78, 5) is 28.8. The monoisotopic (exact) mass is 348 g/mol. The van der Waals surface area contributed by atoms with Crippen molar-refractivity contribution in [3.63, 3.8) is 0 Å². The molecule has 25 heavy (non-hydrogen) atoms. The number of methoxy groups -OCH3 is 2. The fourth-order valence-corrected chi connectivity index (χ4v) is 2.95. The molecule has 1 saturated heterocycles. The second-order valence-corrected chi connectivity index (χ2v) is 7.45. The van der Waals surface area contributed by atoms with Crippen LogP contribution in [-0.2, 0) is 4.79 Å². The standard InChI is InChI=1S/C19H28N2O4/c1-19(2,3)13-16(22)20-9-11-21(12-10-20)18(23)14-7-6-8-15(24-4)17(14)25-5/h6-8H,9-13H2,1-5H3. The zero-order chi connectivity index (χ0) is 18.6. The van der Waals surface area contributed by atoms with Crippen molar-refractivity contribution in [1.82, 2.24) is 9.80 Å². The van der Waals surface area contributed by atoms with E-state index in [0.717, 1.165) is 0 Å². The number of benzene rings is 1. The number of carbonyl (C=O) groups excluding carboxylic acids is 2. The Morgan fingerprint density at radius 2 is 1.60 bits per heavy atom. The molecule has 0 N–H and O–H groups in total. The van der Waals surface area contributed by atoms with Crippen LogP contribution in [0.25, 0.3) is 0 Å². The van der Waals surface area contributed by atoms with Crippen LogP contribution in [0.15, 0.2) is 18.2 Å². The highest BCUT2D eigenvalue weighted by atomic mass is 16.5. The van der Waals surface area contributed by atoms with Gasteiger partial charge < -0.3 is 19.3 Å². The van der Waals surface area contributed by atoms with Gasteiger partial charge in [0.25, 0.3) is 5.91 Å². The van der Waals surface area contributed by atoms with Gasteiger partial charge >= 0.3 is 0 Å². The van der Waals surface area contributed by atoms with E-state index in [4.69, 9.17) is 9.47 Å². The molecular formula is C19H28N2O4. The Bertz CT molecular complexity index is 629. The summed E-state index contributed by atoms with van der Waals surface area (Å²) in [5.74, 6) is 1.03. The number of carbonyl (C=O) groups is 2. The number of hydrogen-bond acceptors (Lipinski definition) is 4. The minimum Gasteiger partial charge on any atom is -0.493 e. The molecule has 1 aliphatic heterocycles. The van der Waals surface area contributed by atoms with Crippen LogP contribution in [0, 0.1) is 5.41 Å². The lowest BCUT2D eigenvalue weighted by atomic mass is 9.91. The first kappa shape index (κ1) is 19.1. The van der Waals surface area contributed by atoms with E-state index in [9.17, 15) is 9.59 Å². The second-order valence-electron chi connectivity index (χ2n) is 7.45. The molecule has 0 radical (unpaired) electrons. The third-order valence-corrected chi connectivity index (χ3v) is 4.23. The first-order valence-corrected chi connectivity index (χ1v) is 8.55. The highest BCUT2D eigenvalue weighted by Gasteiger charge is 2.28. The maximum atomic E-state index is 12.8. The van der Waals surface area contributed by atoms with E-state index in [2.05, 4.69) is 20.8 Å². The lowest BCUT2D eigenvalue weighted by Gasteiger charge is -2.36. The molecule has 1 aromatic carbocycles. The number of para-hydroxylation sites is 1. The van der Waals surface area contributed by atoms with Gasteiger partial charge in [-0.25, -0.2) is 0 Å². The molecule has 1 fully saturated rings. The SMILES string of the molecule is COc1cccc(C(=O)N2CCN(C(=O)CC(C)(C)C)CC2)c1OC. The van der Waals surface area contributed by atoms with E-state index >= 15 is 0 Å². The number of nitrogens with zero attached hydrogens (tertiary/aromatic N) is 2. The number of rotatable bonds is 4. The number of ether oxygens (including phenoxy) is 2. The van der Waals surface area contributed by atoms with E-state index in [0.29, 0.717) is 49.7 Å². The quantitative estimate of drug-likeness (QED) is 0.838. The summed E-state index contributed by atoms with van der Waals surface area (Å²) in [6.45, 7) is 8.34. The predicted molar refractivity (Wildman–Crippen MR) is 96.1 cm³/mol. The second kappa shape index (κ2) is 7.76. The van der Waals surface area contributed by atoms with Crippen LogP contribution in [0.2, 0.25) is 0 Å². The van der Waals surface area contributed by atoms with Gasteiger partial charge in [-0.2, -0.15) is 0 Å². The fraction of sp³-hybridized carbons (Fsp3) is 0.579. The molecule has 0 aliphatic carbocycles. The molecule has 1 aromatic rings. The average molecular weight is 348 g/mol. The Hall–Kier alpha value is -2.24. The van der Waals surface area contributed by atoms with Gasteiger partial charge in [0.1, 0.15) is 0 Å². The fourth-order valence-electron chi connectivity index (χ4n) is 2.95. The smallest absolute Gasteiger partial charge is 0.257 e. The molecule has 0 atom stereocenters. The van der Waals surface area contributed by atoms with E-state index < -0.39 is 0 Å². The minimum absolute atomic E-state index is 0.0298. The van der Waals surface area contributed by atoms with Crippen molar-refractivity contribution in [2.45, 2.75) is 27.2 Å². The van der Waals surface area contributed by atoms with Gasteiger partial charge in [-0.15, -0.1) is 0 Å². The van der Waals surface area contributed by atoms with Crippen molar-refractivity contribution in [2.75, 3.05) is 40.4 Å². The molecule has 2 amide bonds. The molecule has 138 valence electrons. The van der Waals surface area contributed by atoms with E-state index in [1.54, 1.807) is 30.2 Å². The topological polar surface area (TPSA) is 59.1 Å². The molecule has 0 saturated carbocycles. The normalized spacial score (nSPS) is 15.1. The number of amides is 2. The lowest BCUT2D eigenvalue weighted by molar-refractivity contribution is -0.134. The largest absolute Gasteiger partial charge is 0.493 e. The third kappa shape index (κ3) is 4.65. The lowest BCUT2D eigenvalue weighted by Crippen LogP contribution is -2.51. The molecule has 0 aromatic heterocycles. The summed E-state index contributed by atoms with van der Waals surface area (Å²) in [7, 11) is 3.07. The van der Waals surface area contributed by atoms with Gasteiger partial charge in [-0.1, -0.05) is 26.8 Å². The zero-order valence-electron chi connectivity index (χ0n) is 15.8. The molecule has 1 aliphatic rings. The predicted octanol–water partition coefficient (Wildman–Crippen LogP) is 2.42. The van der Waals surface area contributed by atoms with E-state index in [1.165, 1.54) is 7.11 Å². The number of piperazine rings is 1. The van der Waals surface area contributed by atoms with Gasteiger partial charge in [-0.05, 0) is 17.5 Å². The zero-order valence-corrected chi connectivity index (χ0v) is 15.8. The van der Waals surface area contributed by atoms with Crippen LogP contribution in [0.4, 0.5) is 0 Å². The van der Waals surface area contributed by atoms with Crippen LogP contribution in [0.3, 0.4) is 0 Å².